The average molecular weight is 464 g/mol. The van der Waals surface area contributed by atoms with Crippen LogP contribution in [0.1, 0.15) is 56.7 Å². The van der Waals surface area contributed by atoms with Crippen molar-refractivity contribution in [2.75, 3.05) is 0 Å². The molecule has 1 aromatic heterocycles. The number of hydrogen-bond acceptors (Lipinski definition) is 5. The summed E-state index contributed by atoms with van der Waals surface area (Å²) in [7, 11) is 0. The Hall–Kier alpha value is -3.09. The molecule has 6 heteroatoms. The first-order chi connectivity index (χ1) is 16.3. The van der Waals surface area contributed by atoms with Crippen molar-refractivity contribution in [1.82, 2.24) is 4.98 Å². The van der Waals surface area contributed by atoms with Gasteiger partial charge in [0.2, 0.25) is 0 Å². The van der Waals surface area contributed by atoms with E-state index < -0.39 is 18.2 Å². The Morgan fingerprint density at radius 3 is 2.53 bits per heavy atom. The molecule has 0 spiro atoms. The van der Waals surface area contributed by atoms with Crippen LogP contribution in [0.4, 0.5) is 4.39 Å². The van der Waals surface area contributed by atoms with E-state index in [9.17, 15) is 19.4 Å². The summed E-state index contributed by atoms with van der Waals surface area (Å²) in [6, 6.07) is 14.3. The van der Waals surface area contributed by atoms with Gasteiger partial charge in [-0.1, -0.05) is 42.5 Å². The number of nitrogens with zero attached hydrogens (tertiary/aromatic N) is 1. The molecule has 2 N–H and O–H groups in total. The van der Waals surface area contributed by atoms with E-state index >= 15 is 0 Å². The quantitative estimate of drug-likeness (QED) is 0.416. The maximum atomic E-state index is 13.7. The van der Waals surface area contributed by atoms with Crippen LogP contribution in [0, 0.1) is 5.82 Å². The lowest BCUT2D eigenvalue weighted by Gasteiger charge is -2.17. The summed E-state index contributed by atoms with van der Waals surface area (Å²) in [5.74, 6) is -0.453. The second kappa shape index (κ2) is 10.5. The maximum absolute atomic E-state index is 13.7. The Labute approximate surface area is 198 Å². The highest BCUT2D eigenvalue weighted by Gasteiger charge is 2.29. The zero-order valence-electron chi connectivity index (χ0n) is 19.4. The maximum Gasteiger partial charge on any atom is 0.308 e. The van der Waals surface area contributed by atoms with E-state index in [1.54, 1.807) is 32.1 Å². The number of hydrogen-bond donors (Lipinski definition) is 2. The van der Waals surface area contributed by atoms with Crippen molar-refractivity contribution in [2.24, 2.45) is 0 Å². The summed E-state index contributed by atoms with van der Waals surface area (Å²) < 4.78 is 18.7. The van der Waals surface area contributed by atoms with Crippen molar-refractivity contribution < 1.29 is 24.1 Å². The Balaban J connectivity index is 1.66. The second-order valence-corrected chi connectivity index (χ2v) is 9.14. The standard InChI is InChI=1S/C28H30FNO4/c1-17(2)34-26(33)16-22(32)15-21(31)13-14-24-27(18-9-11-20(29)12-10-18)23-5-3-4-6-25(23)30-28(24)19-7-8-19/h3-6,9-14,17,19,21-22,31-32H,7-8,15-16H2,1-2H3/b14-13+/t21-,22-/m1/s1. The number of para-hydroxylation sites is 1. The van der Waals surface area contributed by atoms with Gasteiger partial charge in [0, 0.05) is 28.9 Å². The molecule has 0 radical (unpaired) electrons. The lowest BCUT2D eigenvalue weighted by Crippen LogP contribution is -2.22. The number of aromatic nitrogens is 1. The molecule has 1 heterocycles. The van der Waals surface area contributed by atoms with Gasteiger partial charge in [-0.25, -0.2) is 4.39 Å². The van der Waals surface area contributed by atoms with E-state index in [1.807, 2.05) is 30.3 Å². The summed E-state index contributed by atoms with van der Waals surface area (Å²) in [6.07, 6.45) is 3.18. The topological polar surface area (TPSA) is 79.7 Å². The molecular weight excluding hydrogens is 433 g/mol. The van der Waals surface area contributed by atoms with Crippen molar-refractivity contribution in [1.29, 1.82) is 0 Å². The molecule has 0 aliphatic heterocycles. The molecule has 3 aromatic rings. The van der Waals surface area contributed by atoms with Gasteiger partial charge in [0.25, 0.3) is 0 Å². The fraction of sp³-hybridized carbons (Fsp3) is 0.357. The molecule has 4 rings (SSSR count). The van der Waals surface area contributed by atoms with Crippen LogP contribution in [-0.2, 0) is 9.53 Å². The molecule has 0 amide bonds. The predicted octanol–water partition coefficient (Wildman–Crippen LogP) is 5.39. The van der Waals surface area contributed by atoms with E-state index in [0.717, 1.165) is 46.1 Å². The summed E-state index contributed by atoms with van der Waals surface area (Å²) in [4.78, 5) is 16.7. The zero-order chi connectivity index (χ0) is 24.2. The number of rotatable bonds is 9. The van der Waals surface area contributed by atoms with Crippen molar-refractivity contribution >= 4 is 22.9 Å². The smallest absolute Gasteiger partial charge is 0.308 e. The van der Waals surface area contributed by atoms with Crippen molar-refractivity contribution in [3.8, 4) is 11.1 Å². The van der Waals surface area contributed by atoms with E-state index in [-0.39, 0.29) is 24.8 Å². The lowest BCUT2D eigenvalue weighted by atomic mass is 9.92. The molecule has 1 saturated carbocycles. The Kier molecular flexibility index (Phi) is 7.39. The number of pyridine rings is 1. The molecular formula is C28H30FNO4. The van der Waals surface area contributed by atoms with Crippen molar-refractivity contribution in [2.45, 2.75) is 63.8 Å². The Morgan fingerprint density at radius 1 is 1.15 bits per heavy atom. The predicted molar refractivity (Wildman–Crippen MR) is 131 cm³/mol. The molecule has 2 aromatic carbocycles. The van der Waals surface area contributed by atoms with Gasteiger partial charge in [-0.15, -0.1) is 0 Å². The summed E-state index contributed by atoms with van der Waals surface area (Å²) in [5, 5.41) is 21.7. The molecule has 34 heavy (non-hydrogen) atoms. The molecule has 1 aliphatic carbocycles. The van der Waals surface area contributed by atoms with Crippen LogP contribution < -0.4 is 0 Å². The highest BCUT2D eigenvalue weighted by molar-refractivity contribution is 5.99. The van der Waals surface area contributed by atoms with Crippen LogP contribution >= 0.6 is 0 Å². The number of aliphatic hydroxyl groups excluding tert-OH is 2. The summed E-state index contributed by atoms with van der Waals surface area (Å²) in [6.45, 7) is 3.49. The van der Waals surface area contributed by atoms with Gasteiger partial charge in [-0.3, -0.25) is 9.78 Å². The molecule has 178 valence electrons. The fourth-order valence-electron chi connectivity index (χ4n) is 4.16. The zero-order valence-corrected chi connectivity index (χ0v) is 19.4. The minimum Gasteiger partial charge on any atom is -0.463 e. The van der Waals surface area contributed by atoms with Crippen LogP contribution in [0.5, 0.6) is 0 Å². The molecule has 1 fully saturated rings. The molecule has 0 bridgehead atoms. The normalized spacial score (nSPS) is 15.7. The van der Waals surface area contributed by atoms with Gasteiger partial charge >= 0.3 is 5.97 Å². The average Bonchev–Trinajstić information content (AvgIpc) is 3.62. The van der Waals surface area contributed by atoms with E-state index in [1.165, 1.54) is 12.1 Å². The van der Waals surface area contributed by atoms with Gasteiger partial charge in [0.05, 0.1) is 35.9 Å². The van der Waals surface area contributed by atoms with Crippen LogP contribution in [-0.4, -0.2) is 39.5 Å². The van der Waals surface area contributed by atoms with E-state index in [4.69, 9.17) is 9.72 Å². The number of fused-ring (bicyclic) bond motifs is 1. The molecule has 5 nitrogen and oxygen atoms in total. The number of ether oxygens (including phenoxy) is 1. The first-order valence-corrected chi connectivity index (χ1v) is 11.7. The minimum absolute atomic E-state index is 0.00927. The fourth-order valence-corrected chi connectivity index (χ4v) is 4.16. The summed E-state index contributed by atoms with van der Waals surface area (Å²) >= 11 is 0. The van der Waals surface area contributed by atoms with Crippen molar-refractivity contribution in [3.63, 3.8) is 0 Å². The minimum atomic E-state index is -1.01. The third kappa shape index (κ3) is 5.88. The largest absolute Gasteiger partial charge is 0.463 e. The van der Waals surface area contributed by atoms with Crippen LogP contribution in [0.15, 0.2) is 54.6 Å². The van der Waals surface area contributed by atoms with Gasteiger partial charge < -0.3 is 14.9 Å². The molecule has 0 unspecified atom stereocenters. The summed E-state index contributed by atoms with van der Waals surface area (Å²) in [5.41, 5.74) is 4.54. The number of carbonyl (C=O) groups is 1. The van der Waals surface area contributed by atoms with E-state index in [0.29, 0.717) is 5.92 Å². The SMILES string of the molecule is CC(C)OC(=O)C[C@H](O)C[C@H](O)/C=C/c1c(C2CC2)nc2ccccc2c1-c1ccc(F)cc1. The number of benzene rings is 2. The van der Waals surface area contributed by atoms with Gasteiger partial charge in [0.15, 0.2) is 0 Å². The molecule has 1 aliphatic rings. The lowest BCUT2D eigenvalue weighted by molar-refractivity contribution is -0.149. The van der Waals surface area contributed by atoms with Crippen LogP contribution in [0.3, 0.4) is 0 Å². The first kappa shape index (κ1) is 24.0. The number of halogens is 1. The van der Waals surface area contributed by atoms with Crippen molar-refractivity contribution in [3.05, 3.63) is 71.7 Å². The van der Waals surface area contributed by atoms with Gasteiger partial charge in [0.1, 0.15) is 5.82 Å². The number of carbonyl (C=O) groups excluding carboxylic acids is 1. The first-order valence-electron chi connectivity index (χ1n) is 11.7. The van der Waals surface area contributed by atoms with Crippen LogP contribution in [0.25, 0.3) is 28.1 Å². The molecule has 2 atom stereocenters. The van der Waals surface area contributed by atoms with E-state index in [2.05, 4.69) is 0 Å². The van der Waals surface area contributed by atoms with Gasteiger partial charge in [-0.2, -0.15) is 0 Å². The third-order valence-corrected chi connectivity index (χ3v) is 5.82. The Morgan fingerprint density at radius 2 is 1.85 bits per heavy atom. The number of aliphatic hydroxyl groups is 2. The Bertz CT molecular complexity index is 1180. The number of esters is 1. The highest BCUT2D eigenvalue weighted by Crippen LogP contribution is 2.45. The monoisotopic (exact) mass is 463 g/mol. The molecule has 0 saturated heterocycles. The van der Waals surface area contributed by atoms with Crippen LogP contribution in [0.2, 0.25) is 0 Å². The third-order valence-electron chi connectivity index (χ3n) is 5.82. The highest BCUT2D eigenvalue weighted by atomic mass is 19.1. The van der Waals surface area contributed by atoms with Gasteiger partial charge in [-0.05, 0) is 50.5 Å². The second-order valence-electron chi connectivity index (χ2n) is 9.14.